The molecule has 1 unspecified atom stereocenters. The summed E-state index contributed by atoms with van der Waals surface area (Å²) in [6.07, 6.45) is 1.11. The lowest BCUT2D eigenvalue weighted by atomic mass is 9.92. The molecule has 0 spiro atoms. The van der Waals surface area contributed by atoms with E-state index in [0.717, 1.165) is 6.42 Å². The van der Waals surface area contributed by atoms with E-state index in [1.54, 1.807) is 0 Å². The maximum atomic E-state index is 3.39. The van der Waals surface area contributed by atoms with Crippen molar-refractivity contribution in [3.8, 4) is 0 Å². The molecule has 3 aromatic carbocycles. The predicted molar refractivity (Wildman–Crippen MR) is 74.8 cm³/mol. The first-order valence-electron chi connectivity index (χ1n) is 6.40. The molecule has 0 saturated carbocycles. The van der Waals surface area contributed by atoms with Crippen molar-refractivity contribution in [2.45, 2.75) is 12.3 Å². The summed E-state index contributed by atoms with van der Waals surface area (Å²) in [5.74, 6) is 0.479. The largest absolute Gasteiger partial charge is 0.0619 e. The van der Waals surface area contributed by atoms with Gasteiger partial charge in [-0.15, -0.1) is 0 Å². The first-order valence-corrected chi connectivity index (χ1v) is 6.40. The van der Waals surface area contributed by atoms with Gasteiger partial charge in [0, 0.05) is 5.92 Å². The van der Waals surface area contributed by atoms with Crippen LogP contribution in [-0.4, -0.2) is 0 Å². The average molecular weight is 229 g/mol. The lowest BCUT2D eigenvalue weighted by molar-refractivity contribution is 0.846. The Balaban J connectivity index is 1.97. The van der Waals surface area contributed by atoms with Gasteiger partial charge in [0.2, 0.25) is 0 Å². The summed E-state index contributed by atoms with van der Waals surface area (Å²) >= 11 is 0. The number of hydrogen-bond donors (Lipinski definition) is 0. The Morgan fingerprint density at radius 1 is 0.889 bits per heavy atom. The molecule has 1 aliphatic carbocycles. The topological polar surface area (TPSA) is 0 Å². The van der Waals surface area contributed by atoms with Crippen LogP contribution in [0.4, 0.5) is 0 Å². The molecule has 1 aliphatic rings. The highest BCUT2D eigenvalue weighted by molar-refractivity contribution is 5.92. The van der Waals surface area contributed by atoms with Gasteiger partial charge >= 0.3 is 0 Å². The lowest BCUT2D eigenvalue weighted by Gasteiger charge is -2.11. The van der Waals surface area contributed by atoms with Gasteiger partial charge in [0.05, 0.1) is 0 Å². The molecule has 4 rings (SSSR count). The van der Waals surface area contributed by atoms with Gasteiger partial charge in [0.1, 0.15) is 0 Å². The molecule has 0 aromatic heterocycles. The van der Waals surface area contributed by atoms with Gasteiger partial charge in [0.15, 0.2) is 0 Å². The molecule has 0 heterocycles. The Morgan fingerprint density at radius 2 is 1.78 bits per heavy atom. The van der Waals surface area contributed by atoms with E-state index in [1.807, 2.05) is 12.1 Å². The van der Waals surface area contributed by atoms with Crippen LogP contribution in [0.5, 0.6) is 0 Å². The minimum Gasteiger partial charge on any atom is -0.0619 e. The van der Waals surface area contributed by atoms with Crippen molar-refractivity contribution in [3.05, 3.63) is 83.4 Å². The van der Waals surface area contributed by atoms with Crippen molar-refractivity contribution < 1.29 is 0 Å². The quantitative estimate of drug-likeness (QED) is 0.582. The minimum atomic E-state index is 0.479. The van der Waals surface area contributed by atoms with Crippen LogP contribution >= 0.6 is 0 Å². The molecule has 3 aromatic rings. The Labute approximate surface area is 107 Å². The molecule has 0 fully saturated rings. The van der Waals surface area contributed by atoms with E-state index in [1.165, 1.54) is 27.5 Å². The Morgan fingerprint density at radius 3 is 2.61 bits per heavy atom. The van der Waals surface area contributed by atoms with Crippen LogP contribution in [0.15, 0.2) is 60.7 Å². The van der Waals surface area contributed by atoms with Gasteiger partial charge in [-0.1, -0.05) is 60.7 Å². The summed E-state index contributed by atoms with van der Waals surface area (Å²) in [6, 6.07) is 25.0. The highest BCUT2D eigenvalue weighted by Crippen LogP contribution is 2.41. The fraction of sp³-hybridized carbons (Fsp3) is 0.111. The molecule has 0 amide bonds. The van der Waals surface area contributed by atoms with E-state index in [0.29, 0.717) is 5.92 Å². The van der Waals surface area contributed by atoms with Crippen molar-refractivity contribution in [3.63, 3.8) is 0 Å². The van der Waals surface area contributed by atoms with E-state index < -0.39 is 0 Å². The summed E-state index contributed by atoms with van der Waals surface area (Å²) < 4.78 is 0. The second-order valence-corrected chi connectivity index (χ2v) is 4.94. The first kappa shape index (κ1) is 9.90. The van der Waals surface area contributed by atoms with Crippen LogP contribution in [-0.2, 0) is 6.42 Å². The van der Waals surface area contributed by atoms with Crippen molar-refractivity contribution >= 4 is 10.8 Å². The summed E-state index contributed by atoms with van der Waals surface area (Å²) in [5, 5.41) is 2.82. The fourth-order valence-corrected chi connectivity index (χ4v) is 3.14. The standard InChI is InChI=1S/C18H13/c1-2-6-13(7-3-1)17-12-15-10-4-8-14-9-5-11-16(17)18(14)15/h1-6,8-11,17H,12H2. The second-order valence-electron chi connectivity index (χ2n) is 4.94. The van der Waals surface area contributed by atoms with Crippen molar-refractivity contribution in [1.82, 2.24) is 0 Å². The molecular formula is C18H13. The van der Waals surface area contributed by atoms with Gasteiger partial charge in [-0.2, -0.15) is 0 Å². The van der Waals surface area contributed by atoms with Crippen molar-refractivity contribution in [1.29, 1.82) is 0 Å². The number of hydrogen-bond acceptors (Lipinski definition) is 0. The third-order valence-electron chi connectivity index (χ3n) is 3.93. The third-order valence-corrected chi connectivity index (χ3v) is 3.93. The highest BCUT2D eigenvalue weighted by Gasteiger charge is 2.25. The summed E-state index contributed by atoms with van der Waals surface area (Å²) in [5.41, 5.74) is 4.25. The molecule has 18 heavy (non-hydrogen) atoms. The zero-order chi connectivity index (χ0) is 11.9. The average Bonchev–Trinajstić information content (AvgIpc) is 2.82. The maximum absolute atomic E-state index is 3.39. The summed E-state index contributed by atoms with van der Waals surface area (Å²) in [4.78, 5) is 0. The molecule has 1 radical (unpaired) electrons. The van der Waals surface area contributed by atoms with Gasteiger partial charge < -0.3 is 0 Å². The molecule has 1 atom stereocenters. The highest BCUT2D eigenvalue weighted by atomic mass is 14.3. The third kappa shape index (κ3) is 1.32. The molecule has 0 heteroatoms. The first-order chi connectivity index (χ1) is 8.93. The van der Waals surface area contributed by atoms with Crippen LogP contribution in [0.2, 0.25) is 0 Å². The van der Waals surface area contributed by atoms with E-state index in [2.05, 4.69) is 54.6 Å². The summed E-state index contributed by atoms with van der Waals surface area (Å²) in [6.45, 7) is 0. The van der Waals surface area contributed by atoms with Crippen molar-refractivity contribution in [2.24, 2.45) is 0 Å². The molecular weight excluding hydrogens is 216 g/mol. The second kappa shape index (κ2) is 3.71. The van der Waals surface area contributed by atoms with Crippen LogP contribution < -0.4 is 0 Å². The molecule has 0 aliphatic heterocycles. The van der Waals surface area contributed by atoms with E-state index in [9.17, 15) is 0 Å². The zero-order valence-corrected chi connectivity index (χ0v) is 10.1. The maximum Gasteiger partial charge on any atom is 0.0142 e. The molecule has 0 bridgehead atoms. The Bertz CT molecular complexity index is 705. The monoisotopic (exact) mass is 229 g/mol. The van der Waals surface area contributed by atoms with Gasteiger partial charge in [-0.05, 0) is 39.9 Å². The smallest absolute Gasteiger partial charge is 0.0142 e. The SMILES string of the molecule is [c]1ccccc1C1Cc2cccc3cccc1c23. The molecule has 85 valence electrons. The normalized spacial score (nSPS) is 17.2. The lowest BCUT2D eigenvalue weighted by Crippen LogP contribution is -1.98. The molecule has 0 N–H and O–H groups in total. The van der Waals surface area contributed by atoms with E-state index in [4.69, 9.17) is 0 Å². The Kier molecular flexibility index (Phi) is 2.04. The molecule has 0 nitrogen and oxygen atoms in total. The van der Waals surface area contributed by atoms with Crippen LogP contribution in [0.3, 0.4) is 0 Å². The van der Waals surface area contributed by atoms with E-state index in [-0.39, 0.29) is 0 Å². The van der Waals surface area contributed by atoms with Gasteiger partial charge in [-0.25, -0.2) is 0 Å². The van der Waals surface area contributed by atoms with E-state index >= 15 is 0 Å². The predicted octanol–water partition coefficient (Wildman–Crippen LogP) is 4.33. The number of benzene rings is 3. The zero-order valence-electron chi connectivity index (χ0n) is 10.1. The van der Waals surface area contributed by atoms with Crippen LogP contribution in [0, 0.1) is 6.07 Å². The van der Waals surface area contributed by atoms with Crippen LogP contribution in [0.25, 0.3) is 10.8 Å². The van der Waals surface area contributed by atoms with Crippen LogP contribution in [0.1, 0.15) is 22.6 Å². The summed E-state index contributed by atoms with van der Waals surface area (Å²) in [7, 11) is 0. The Hall–Kier alpha value is -2.08. The minimum absolute atomic E-state index is 0.479. The van der Waals surface area contributed by atoms with Gasteiger partial charge in [0.25, 0.3) is 0 Å². The number of rotatable bonds is 1. The fourth-order valence-electron chi connectivity index (χ4n) is 3.14. The van der Waals surface area contributed by atoms with Crippen molar-refractivity contribution in [2.75, 3.05) is 0 Å². The van der Waals surface area contributed by atoms with Gasteiger partial charge in [-0.3, -0.25) is 0 Å². The molecule has 0 saturated heterocycles.